The van der Waals surface area contributed by atoms with E-state index in [-0.39, 0.29) is 11.5 Å². The maximum atomic E-state index is 10.2. The summed E-state index contributed by atoms with van der Waals surface area (Å²) in [5, 5.41) is 22.9. The topological polar surface area (TPSA) is 56.2 Å². The molecule has 3 heteroatoms. The zero-order valence-electron chi connectivity index (χ0n) is 9.26. The molecule has 1 heterocycles. The Kier molecular flexibility index (Phi) is 1.64. The minimum atomic E-state index is 0.237. The molecule has 82 valence electrons. The summed E-state index contributed by atoms with van der Waals surface area (Å²) in [4.78, 5) is 3.16. The maximum Gasteiger partial charge on any atom is 0.143 e. The summed E-state index contributed by atoms with van der Waals surface area (Å²) in [6, 6.07) is 0. The van der Waals surface area contributed by atoms with Crippen LogP contribution in [0.25, 0.3) is 23.1 Å². The Morgan fingerprint density at radius 3 is 2.50 bits per heavy atom. The molecular formula is C13H13NO2. The number of H-pyrrole nitrogens is 1. The fraction of sp³-hybridized carbons (Fsp3) is 0.231. The van der Waals surface area contributed by atoms with Crippen molar-refractivity contribution in [2.24, 2.45) is 0 Å². The van der Waals surface area contributed by atoms with Gasteiger partial charge in [-0.2, -0.15) is 0 Å². The van der Waals surface area contributed by atoms with Crippen molar-refractivity contribution in [2.45, 2.75) is 20.3 Å². The molecule has 0 fully saturated rings. The average molecular weight is 215 g/mol. The number of aromatic hydroxyl groups is 2. The third-order valence-electron chi connectivity index (χ3n) is 3.46. The Morgan fingerprint density at radius 1 is 1.06 bits per heavy atom. The van der Waals surface area contributed by atoms with Gasteiger partial charge < -0.3 is 15.2 Å². The lowest BCUT2D eigenvalue weighted by atomic mass is 10.0. The Balaban J connectivity index is 2.69. The third-order valence-corrected chi connectivity index (χ3v) is 3.46. The van der Waals surface area contributed by atoms with E-state index in [1.165, 1.54) is 0 Å². The van der Waals surface area contributed by atoms with Gasteiger partial charge in [-0.1, -0.05) is 12.2 Å². The van der Waals surface area contributed by atoms with E-state index >= 15 is 0 Å². The molecular weight excluding hydrogens is 202 g/mol. The molecule has 0 bridgehead atoms. The lowest BCUT2D eigenvalue weighted by Crippen LogP contribution is -2.18. The van der Waals surface area contributed by atoms with Gasteiger partial charge in [0.15, 0.2) is 0 Å². The number of hydrogen-bond acceptors (Lipinski definition) is 2. The summed E-state index contributed by atoms with van der Waals surface area (Å²) in [6.45, 7) is 3.63. The second kappa shape index (κ2) is 2.82. The number of phenolic OH excluding ortho intramolecular Hbond substituents is 2. The molecule has 0 spiro atoms. The highest BCUT2D eigenvalue weighted by molar-refractivity contribution is 5.94. The number of hydrogen-bond donors (Lipinski definition) is 3. The molecule has 0 aliphatic heterocycles. The van der Waals surface area contributed by atoms with Crippen LogP contribution in [0, 0.1) is 13.8 Å². The number of nitrogens with one attached hydrogen (secondary N) is 1. The fourth-order valence-electron chi connectivity index (χ4n) is 2.36. The highest BCUT2D eigenvalue weighted by Gasteiger charge is 2.16. The van der Waals surface area contributed by atoms with Gasteiger partial charge in [-0.25, -0.2) is 0 Å². The van der Waals surface area contributed by atoms with Gasteiger partial charge in [0.1, 0.15) is 11.5 Å². The van der Waals surface area contributed by atoms with Gasteiger partial charge in [0.05, 0.1) is 10.9 Å². The largest absolute Gasteiger partial charge is 0.507 e. The molecule has 3 rings (SSSR count). The van der Waals surface area contributed by atoms with Crippen LogP contribution in [0.2, 0.25) is 0 Å². The molecule has 3 nitrogen and oxygen atoms in total. The summed E-state index contributed by atoms with van der Waals surface area (Å²) in [7, 11) is 0. The van der Waals surface area contributed by atoms with Gasteiger partial charge in [0.25, 0.3) is 0 Å². The summed E-state index contributed by atoms with van der Waals surface area (Å²) in [5.41, 5.74) is 2.11. The highest BCUT2D eigenvalue weighted by atomic mass is 16.3. The van der Waals surface area contributed by atoms with Gasteiger partial charge in [-0.15, -0.1) is 0 Å². The summed E-state index contributed by atoms with van der Waals surface area (Å²) in [6.07, 6.45) is 4.99. The number of rotatable bonds is 0. The molecule has 16 heavy (non-hydrogen) atoms. The molecule has 0 atom stereocenters. The number of aromatic nitrogens is 1. The van der Waals surface area contributed by atoms with Crippen LogP contribution in [-0.2, 0) is 0 Å². The molecule has 1 aromatic heterocycles. The minimum Gasteiger partial charge on any atom is -0.507 e. The van der Waals surface area contributed by atoms with Gasteiger partial charge in [0, 0.05) is 10.6 Å². The molecule has 3 N–H and O–H groups in total. The Hall–Kier alpha value is -1.90. The normalized spacial score (nSPS) is 13.6. The van der Waals surface area contributed by atoms with Crippen molar-refractivity contribution in [3.05, 3.63) is 21.7 Å². The SMILES string of the molecule is Cc1c(C)c(O)c2c3c([nH]c2c1O)=CCC=3. The van der Waals surface area contributed by atoms with Gasteiger partial charge in [0.2, 0.25) is 0 Å². The quantitative estimate of drug-likeness (QED) is 0.578. The van der Waals surface area contributed by atoms with E-state index in [1.807, 2.05) is 13.8 Å². The van der Waals surface area contributed by atoms with Crippen molar-refractivity contribution in [3.63, 3.8) is 0 Å². The lowest BCUT2D eigenvalue weighted by molar-refractivity contribution is 0.462. The van der Waals surface area contributed by atoms with E-state index in [9.17, 15) is 10.2 Å². The fourth-order valence-corrected chi connectivity index (χ4v) is 2.36. The lowest BCUT2D eigenvalue weighted by Gasteiger charge is -2.07. The highest BCUT2D eigenvalue weighted by Crippen LogP contribution is 2.35. The first-order valence-electron chi connectivity index (χ1n) is 5.34. The zero-order chi connectivity index (χ0) is 11.4. The first-order valence-corrected chi connectivity index (χ1v) is 5.34. The first kappa shape index (κ1) is 9.33. The standard InChI is InChI=1S/C13H13NO2/c1-6-7(2)13(16)11-10(12(6)15)8-4-3-5-9(8)14-11/h4-5,14-16H,3H2,1-2H3. The van der Waals surface area contributed by atoms with Crippen LogP contribution in [0.5, 0.6) is 11.5 Å². The third kappa shape index (κ3) is 0.927. The van der Waals surface area contributed by atoms with Crippen molar-refractivity contribution in [2.75, 3.05) is 0 Å². The van der Waals surface area contributed by atoms with Crippen LogP contribution < -0.4 is 10.6 Å². The van der Waals surface area contributed by atoms with Gasteiger partial charge in [-0.05, 0) is 31.4 Å². The van der Waals surface area contributed by atoms with Crippen LogP contribution in [0.4, 0.5) is 0 Å². The second-order valence-electron chi connectivity index (χ2n) is 4.29. The van der Waals surface area contributed by atoms with E-state index in [0.29, 0.717) is 5.52 Å². The van der Waals surface area contributed by atoms with E-state index in [0.717, 1.165) is 33.5 Å². The minimum absolute atomic E-state index is 0.237. The van der Waals surface area contributed by atoms with Crippen molar-refractivity contribution < 1.29 is 10.2 Å². The predicted octanol–water partition coefficient (Wildman–Crippen LogP) is 1.16. The van der Waals surface area contributed by atoms with Crippen molar-refractivity contribution in [3.8, 4) is 11.5 Å². The number of phenols is 2. The summed E-state index contributed by atoms with van der Waals surface area (Å²) < 4.78 is 0. The van der Waals surface area contributed by atoms with E-state index in [2.05, 4.69) is 17.1 Å². The van der Waals surface area contributed by atoms with Gasteiger partial charge in [-0.3, -0.25) is 0 Å². The van der Waals surface area contributed by atoms with E-state index in [4.69, 9.17) is 0 Å². The first-order chi connectivity index (χ1) is 7.61. The van der Waals surface area contributed by atoms with Crippen LogP contribution in [0.1, 0.15) is 17.5 Å². The van der Waals surface area contributed by atoms with Crippen molar-refractivity contribution in [1.29, 1.82) is 0 Å². The monoisotopic (exact) mass is 215 g/mol. The van der Waals surface area contributed by atoms with Crippen molar-refractivity contribution in [1.82, 2.24) is 4.98 Å². The van der Waals surface area contributed by atoms with Crippen LogP contribution in [-0.4, -0.2) is 15.2 Å². The van der Waals surface area contributed by atoms with Crippen LogP contribution >= 0.6 is 0 Å². The maximum absolute atomic E-state index is 10.2. The van der Waals surface area contributed by atoms with Gasteiger partial charge >= 0.3 is 0 Å². The molecule has 0 radical (unpaired) electrons. The number of aromatic amines is 1. The molecule has 0 saturated heterocycles. The predicted molar refractivity (Wildman–Crippen MR) is 63.9 cm³/mol. The molecule has 1 aromatic carbocycles. The Bertz CT molecular complexity index is 723. The second-order valence-corrected chi connectivity index (χ2v) is 4.29. The Morgan fingerprint density at radius 2 is 1.75 bits per heavy atom. The summed E-state index contributed by atoms with van der Waals surface area (Å²) >= 11 is 0. The van der Waals surface area contributed by atoms with Crippen molar-refractivity contribution >= 4 is 23.1 Å². The van der Waals surface area contributed by atoms with Crippen LogP contribution in [0.3, 0.4) is 0 Å². The molecule has 0 unspecified atom stereocenters. The molecule has 0 saturated carbocycles. The average Bonchev–Trinajstić information content (AvgIpc) is 2.82. The van der Waals surface area contributed by atoms with Crippen LogP contribution in [0.15, 0.2) is 0 Å². The number of fused-ring (bicyclic) bond motifs is 3. The molecule has 2 aromatic rings. The smallest absolute Gasteiger partial charge is 0.143 e. The Labute approximate surface area is 92.4 Å². The number of benzene rings is 1. The molecule has 1 aliphatic carbocycles. The van der Waals surface area contributed by atoms with E-state index in [1.54, 1.807) is 0 Å². The molecule has 1 aliphatic rings. The van der Waals surface area contributed by atoms with E-state index < -0.39 is 0 Å². The zero-order valence-corrected chi connectivity index (χ0v) is 9.26. The summed E-state index contributed by atoms with van der Waals surface area (Å²) in [5.74, 6) is 0.510. The molecule has 0 amide bonds.